The van der Waals surface area contributed by atoms with Crippen molar-refractivity contribution >= 4 is 39.7 Å². The minimum atomic E-state index is -3.55. The Bertz CT molecular complexity index is 673. The number of carbonyl (C=O) groups excluding carboxylic acids is 1. The van der Waals surface area contributed by atoms with Crippen LogP contribution in [0, 0.1) is 5.92 Å². The Morgan fingerprint density at radius 3 is 2.62 bits per heavy atom. The molecule has 0 bridgehead atoms. The fourth-order valence-corrected chi connectivity index (χ4v) is 6.57. The molecule has 1 amide bonds. The number of carbonyl (C=O) groups is 1. The summed E-state index contributed by atoms with van der Waals surface area (Å²) in [7, 11) is -1.60. The number of piperidine rings is 1. The molecule has 2 aliphatic rings. The summed E-state index contributed by atoms with van der Waals surface area (Å²) in [5.41, 5.74) is 0. The Hall–Kier alpha value is -0.670. The third-order valence-corrected chi connectivity index (χ3v) is 8.56. The monoisotopic (exact) mass is 421 g/mol. The van der Waals surface area contributed by atoms with Crippen LogP contribution in [-0.2, 0) is 14.8 Å². The van der Waals surface area contributed by atoms with Crippen molar-refractivity contribution in [2.45, 2.75) is 42.4 Å². The molecule has 9 heteroatoms. The predicted molar refractivity (Wildman–Crippen MR) is 106 cm³/mol. The van der Waals surface area contributed by atoms with Crippen LogP contribution in [0.25, 0.3) is 0 Å². The van der Waals surface area contributed by atoms with Gasteiger partial charge in [0.05, 0.1) is 0 Å². The lowest BCUT2D eigenvalue weighted by molar-refractivity contribution is -0.136. The standard InChI is InChI=1S/C17H27N3O3S2.ClH/c1-18-9-6-14-7-11-19(12-8-14)17(21)15-4-2-10-20(15)25(22,23)16-5-3-13-24-16;/h3,5,13-15,18H,2,4,6-12H2,1H3;1H. The molecule has 2 saturated heterocycles. The van der Waals surface area contributed by atoms with Gasteiger partial charge in [-0.1, -0.05) is 6.07 Å². The number of rotatable bonds is 6. The van der Waals surface area contributed by atoms with E-state index in [1.165, 1.54) is 15.6 Å². The molecule has 1 atom stereocenters. The predicted octanol–water partition coefficient (Wildman–Crippen LogP) is 2.17. The second kappa shape index (κ2) is 9.50. The molecular formula is C17H28ClN3O3S2. The lowest BCUT2D eigenvalue weighted by Crippen LogP contribution is -2.49. The molecule has 1 aromatic rings. The first-order chi connectivity index (χ1) is 12.0. The molecule has 3 heterocycles. The highest BCUT2D eigenvalue weighted by Gasteiger charge is 2.42. The maximum Gasteiger partial charge on any atom is 0.253 e. The van der Waals surface area contributed by atoms with E-state index in [-0.39, 0.29) is 18.3 Å². The molecule has 3 rings (SSSR count). The number of nitrogens with one attached hydrogen (secondary N) is 1. The summed E-state index contributed by atoms with van der Waals surface area (Å²) >= 11 is 1.21. The summed E-state index contributed by atoms with van der Waals surface area (Å²) in [5, 5.41) is 4.94. The second-order valence-electron chi connectivity index (χ2n) is 6.87. The van der Waals surface area contributed by atoms with Crippen molar-refractivity contribution in [3.63, 3.8) is 0 Å². The zero-order chi connectivity index (χ0) is 17.9. The molecule has 0 saturated carbocycles. The van der Waals surface area contributed by atoms with Gasteiger partial charge in [0.15, 0.2) is 0 Å². The van der Waals surface area contributed by atoms with E-state index in [4.69, 9.17) is 0 Å². The van der Waals surface area contributed by atoms with Crippen LogP contribution in [0.4, 0.5) is 0 Å². The average Bonchev–Trinajstić information content (AvgIpc) is 3.31. The van der Waals surface area contributed by atoms with E-state index in [2.05, 4.69) is 5.32 Å². The maximum absolute atomic E-state index is 13.0. The van der Waals surface area contributed by atoms with Crippen LogP contribution >= 0.6 is 23.7 Å². The first-order valence-corrected chi connectivity index (χ1v) is 11.3. The van der Waals surface area contributed by atoms with Crippen LogP contribution in [0.15, 0.2) is 21.7 Å². The lowest BCUT2D eigenvalue weighted by atomic mass is 9.93. The summed E-state index contributed by atoms with van der Waals surface area (Å²) in [6, 6.07) is 2.83. The molecule has 0 spiro atoms. The quantitative estimate of drug-likeness (QED) is 0.764. The molecule has 0 aromatic carbocycles. The summed E-state index contributed by atoms with van der Waals surface area (Å²) in [5.74, 6) is 0.649. The zero-order valence-electron chi connectivity index (χ0n) is 15.1. The average molecular weight is 422 g/mol. The van der Waals surface area contributed by atoms with Crippen LogP contribution in [0.3, 0.4) is 0 Å². The van der Waals surface area contributed by atoms with E-state index in [1.807, 2.05) is 11.9 Å². The Labute approximate surface area is 166 Å². The van der Waals surface area contributed by atoms with Crippen molar-refractivity contribution in [3.8, 4) is 0 Å². The summed E-state index contributed by atoms with van der Waals surface area (Å²) in [4.78, 5) is 14.8. The van der Waals surface area contributed by atoms with E-state index >= 15 is 0 Å². The molecule has 0 aliphatic carbocycles. The van der Waals surface area contributed by atoms with Gasteiger partial charge in [-0.15, -0.1) is 23.7 Å². The Balaban J connectivity index is 0.00000243. The van der Waals surface area contributed by atoms with Crippen LogP contribution < -0.4 is 5.32 Å². The zero-order valence-corrected chi connectivity index (χ0v) is 17.5. The molecule has 26 heavy (non-hydrogen) atoms. The van der Waals surface area contributed by atoms with Crippen LogP contribution in [-0.4, -0.2) is 62.8 Å². The van der Waals surface area contributed by atoms with E-state index in [9.17, 15) is 13.2 Å². The third-order valence-electron chi connectivity index (χ3n) is 5.28. The Morgan fingerprint density at radius 2 is 2.00 bits per heavy atom. The highest BCUT2D eigenvalue weighted by molar-refractivity contribution is 7.91. The van der Waals surface area contributed by atoms with Gasteiger partial charge >= 0.3 is 0 Å². The number of likely N-dealkylation sites (tertiary alicyclic amines) is 1. The van der Waals surface area contributed by atoms with Gasteiger partial charge in [0.1, 0.15) is 10.3 Å². The van der Waals surface area contributed by atoms with Crippen molar-refractivity contribution in [3.05, 3.63) is 17.5 Å². The number of halogens is 1. The minimum absolute atomic E-state index is 0. The van der Waals surface area contributed by atoms with Crippen molar-refractivity contribution < 1.29 is 13.2 Å². The number of hydrogen-bond donors (Lipinski definition) is 1. The van der Waals surface area contributed by atoms with Crippen molar-refractivity contribution in [2.75, 3.05) is 33.2 Å². The van der Waals surface area contributed by atoms with Gasteiger partial charge in [-0.25, -0.2) is 8.42 Å². The smallest absolute Gasteiger partial charge is 0.253 e. The van der Waals surface area contributed by atoms with Crippen molar-refractivity contribution in [1.29, 1.82) is 0 Å². The second-order valence-corrected chi connectivity index (χ2v) is 9.93. The molecule has 1 N–H and O–H groups in total. The largest absolute Gasteiger partial charge is 0.341 e. The van der Waals surface area contributed by atoms with Gasteiger partial charge < -0.3 is 10.2 Å². The van der Waals surface area contributed by atoms with E-state index in [0.717, 1.165) is 45.3 Å². The van der Waals surface area contributed by atoms with Crippen LogP contribution in [0.2, 0.25) is 0 Å². The number of hydrogen-bond acceptors (Lipinski definition) is 5. The van der Waals surface area contributed by atoms with Crippen LogP contribution in [0.1, 0.15) is 32.1 Å². The normalized spacial score (nSPS) is 22.3. The van der Waals surface area contributed by atoms with E-state index in [1.54, 1.807) is 17.5 Å². The molecule has 6 nitrogen and oxygen atoms in total. The van der Waals surface area contributed by atoms with Gasteiger partial charge in [-0.2, -0.15) is 4.31 Å². The lowest BCUT2D eigenvalue weighted by Gasteiger charge is -2.35. The fourth-order valence-electron chi connectivity index (χ4n) is 3.80. The molecule has 1 unspecified atom stereocenters. The third kappa shape index (κ3) is 4.59. The highest BCUT2D eigenvalue weighted by atomic mass is 35.5. The molecule has 2 aliphatic heterocycles. The van der Waals surface area contributed by atoms with Gasteiger partial charge in [0.25, 0.3) is 10.0 Å². The Kier molecular flexibility index (Phi) is 7.90. The topological polar surface area (TPSA) is 69.7 Å². The molecule has 0 radical (unpaired) electrons. The van der Waals surface area contributed by atoms with E-state index < -0.39 is 16.1 Å². The maximum atomic E-state index is 13.0. The molecule has 148 valence electrons. The summed E-state index contributed by atoms with van der Waals surface area (Å²) in [6.07, 6.45) is 4.54. The van der Waals surface area contributed by atoms with Crippen LogP contribution in [0.5, 0.6) is 0 Å². The summed E-state index contributed by atoms with van der Waals surface area (Å²) < 4.78 is 27.4. The molecule has 1 aromatic heterocycles. The fraction of sp³-hybridized carbons (Fsp3) is 0.706. The van der Waals surface area contributed by atoms with Crippen molar-refractivity contribution in [2.24, 2.45) is 5.92 Å². The Morgan fingerprint density at radius 1 is 1.27 bits per heavy atom. The number of amides is 1. The molecular weight excluding hydrogens is 394 g/mol. The number of sulfonamides is 1. The van der Waals surface area contributed by atoms with Gasteiger partial charge in [0.2, 0.25) is 5.91 Å². The SMILES string of the molecule is CNCCC1CCN(C(=O)C2CCCN2S(=O)(=O)c2cccs2)CC1.Cl. The first-order valence-electron chi connectivity index (χ1n) is 9.03. The van der Waals surface area contributed by atoms with Crippen molar-refractivity contribution in [1.82, 2.24) is 14.5 Å². The number of nitrogens with zero attached hydrogens (tertiary/aromatic N) is 2. The first kappa shape index (κ1) is 21.6. The van der Waals surface area contributed by atoms with E-state index in [0.29, 0.717) is 23.1 Å². The highest BCUT2D eigenvalue weighted by Crippen LogP contribution is 2.30. The summed E-state index contributed by atoms with van der Waals surface area (Å²) in [6.45, 7) is 2.94. The molecule has 2 fully saturated rings. The van der Waals surface area contributed by atoms with Gasteiger partial charge in [-0.3, -0.25) is 4.79 Å². The van der Waals surface area contributed by atoms with Gasteiger partial charge in [-0.05, 0) is 63.1 Å². The minimum Gasteiger partial charge on any atom is -0.341 e. The van der Waals surface area contributed by atoms with Gasteiger partial charge in [0, 0.05) is 19.6 Å². The number of thiophene rings is 1.